The van der Waals surface area contributed by atoms with Crippen LogP contribution < -0.4 is 10.3 Å². The van der Waals surface area contributed by atoms with Crippen LogP contribution in [0.2, 0.25) is 5.02 Å². The maximum atomic E-state index is 13.0. The highest BCUT2D eigenvalue weighted by molar-refractivity contribution is 6.31. The van der Waals surface area contributed by atoms with Crippen LogP contribution in [0.25, 0.3) is 11.2 Å². The van der Waals surface area contributed by atoms with Crippen molar-refractivity contribution in [3.63, 3.8) is 0 Å². The molecular weight excluding hydrogens is 459 g/mol. The Morgan fingerprint density at radius 3 is 2.42 bits per heavy atom. The average Bonchev–Trinajstić information content (AvgIpc) is 2.75. The highest BCUT2D eigenvalue weighted by Gasteiger charge is 2.33. The molecule has 2 aromatic carbocycles. The van der Waals surface area contributed by atoms with Crippen LogP contribution in [0.15, 0.2) is 65.7 Å². The molecule has 4 rings (SSSR count). The van der Waals surface area contributed by atoms with Crippen LogP contribution in [0.1, 0.15) is 16.7 Å². The lowest BCUT2D eigenvalue weighted by Crippen LogP contribution is -2.10. The van der Waals surface area contributed by atoms with Gasteiger partial charge >= 0.3 is 6.18 Å². The van der Waals surface area contributed by atoms with Crippen LogP contribution in [0.5, 0.6) is 11.5 Å². The molecule has 0 amide bonds. The summed E-state index contributed by atoms with van der Waals surface area (Å²) in [6, 6.07) is 11.8. The van der Waals surface area contributed by atoms with Crippen LogP contribution in [-0.4, -0.2) is 20.7 Å². The summed E-state index contributed by atoms with van der Waals surface area (Å²) in [5, 5.41) is -0.405. The number of aromatic nitrogens is 3. The Hall–Kier alpha value is -3.72. The Balaban J connectivity index is 1.43. The van der Waals surface area contributed by atoms with E-state index in [1.54, 1.807) is 30.3 Å². The highest BCUT2D eigenvalue weighted by atomic mass is 35.5. The second-order valence-electron chi connectivity index (χ2n) is 7.20. The van der Waals surface area contributed by atoms with Gasteiger partial charge in [-0.3, -0.25) is 9.59 Å². The third-order valence-electron chi connectivity index (χ3n) is 4.73. The highest BCUT2D eigenvalue weighted by Crippen LogP contribution is 2.35. The quantitative estimate of drug-likeness (QED) is 0.419. The van der Waals surface area contributed by atoms with Crippen molar-refractivity contribution in [2.24, 2.45) is 0 Å². The number of benzene rings is 2. The number of carbonyl (C=O) groups is 1. The Morgan fingerprint density at radius 2 is 1.70 bits per heavy atom. The van der Waals surface area contributed by atoms with Crippen molar-refractivity contribution in [3.8, 4) is 11.5 Å². The van der Waals surface area contributed by atoms with E-state index in [4.69, 9.17) is 16.3 Å². The molecule has 0 aliphatic carbocycles. The van der Waals surface area contributed by atoms with Gasteiger partial charge in [0.1, 0.15) is 17.0 Å². The second kappa shape index (κ2) is 9.03. The van der Waals surface area contributed by atoms with Crippen LogP contribution in [-0.2, 0) is 23.8 Å². The minimum atomic E-state index is -4.59. The van der Waals surface area contributed by atoms with E-state index in [1.807, 2.05) is 0 Å². The van der Waals surface area contributed by atoms with Crippen LogP contribution in [0, 0.1) is 0 Å². The first-order valence-electron chi connectivity index (χ1n) is 9.67. The number of carbonyl (C=O) groups excluding carboxylic acids is 1. The maximum Gasteiger partial charge on any atom is 0.417 e. The first kappa shape index (κ1) is 22.5. The van der Waals surface area contributed by atoms with E-state index < -0.39 is 16.8 Å². The largest absolute Gasteiger partial charge is 0.455 e. The molecule has 0 saturated carbocycles. The molecule has 0 fully saturated rings. The number of aromatic amines is 1. The van der Waals surface area contributed by atoms with Gasteiger partial charge in [0.2, 0.25) is 0 Å². The van der Waals surface area contributed by atoms with Crippen LogP contribution in [0.3, 0.4) is 0 Å². The van der Waals surface area contributed by atoms with Gasteiger partial charge in [-0.2, -0.15) is 13.2 Å². The number of H-pyrrole nitrogens is 1. The Kier molecular flexibility index (Phi) is 6.15. The molecule has 1 N–H and O–H groups in total. The number of halogens is 4. The van der Waals surface area contributed by atoms with Gasteiger partial charge in [-0.15, -0.1) is 0 Å². The van der Waals surface area contributed by atoms with Gasteiger partial charge in [0.15, 0.2) is 11.4 Å². The topological polar surface area (TPSA) is 84.9 Å². The molecular formula is C23H15ClF3N3O3. The fourth-order valence-corrected chi connectivity index (χ4v) is 3.45. The van der Waals surface area contributed by atoms with Gasteiger partial charge in [-0.25, -0.2) is 9.97 Å². The summed E-state index contributed by atoms with van der Waals surface area (Å²) in [5.74, 6) is 0.620. The third kappa shape index (κ3) is 5.38. The van der Waals surface area contributed by atoms with Gasteiger partial charge in [-0.1, -0.05) is 29.8 Å². The standard InChI is InChI=1S/C23H15ClF3N3O3/c24-18-6-3-14(11-17(18)23(25,26)27)10-15(31)9-13-1-4-16(5-2-13)33-19-7-8-28-22-21(19)29-12-20(32)30-22/h1-8,11-12H,9-10H2,(H,28,30,32). The summed E-state index contributed by atoms with van der Waals surface area (Å²) in [7, 11) is 0. The number of nitrogens with one attached hydrogen (secondary N) is 1. The van der Waals surface area contributed by atoms with Gasteiger partial charge in [0.25, 0.3) is 5.56 Å². The zero-order chi connectivity index (χ0) is 23.6. The van der Waals surface area contributed by atoms with Crippen LogP contribution in [0.4, 0.5) is 13.2 Å². The number of ether oxygens (including phenoxy) is 1. The monoisotopic (exact) mass is 473 g/mol. The van der Waals surface area contributed by atoms with E-state index in [9.17, 15) is 22.8 Å². The Labute approximate surface area is 190 Å². The number of nitrogens with zero attached hydrogens (tertiary/aromatic N) is 2. The summed E-state index contributed by atoms with van der Waals surface area (Å²) in [6.45, 7) is 0. The minimum Gasteiger partial charge on any atom is -0.455 e. The number of hydrogen-bond donors (Lipinski definition) is 1. The molecule has 10 heteroatoms. The summed E-state index contributed by atoms with van der Waals surface area (Å²) >= 11 is 5.62. The Morgan fingerprint density at radius 1 is 1.00 bits per heavy atom. The van der Waals surface area contributed by atoms with E-state index in [0.29, 0.717) is 22.6 Å². The summed E-state index contributed by atoms with van der Waals surface area (Å²) < 4.78 is 44.8. The van der Waals surface area contributed by atoms with Crippen molar-refractivity contribution in [1.82, 2.24) is 15.0 Å². The lowest BCUT2D eigenvalue weighted by Gasteiger charge is -2.11. The molecule has 0 aliphatic rings. The van der Waals surface area contributed by atoms with E-state index in [0.717, 1.165) is 18.3 Å². The minimum absolute atomic E-state index is 0.0469. The number of rotatable bonds is 6. The lowest BCUT2D eigenvalue weighted by atomic mass is 10.0. The number of alkyl halides is 3. The molecule has 0 atom stereocenters. The van der Waals surface area contributed by atoms with Gasteiger partial charge in [0.05, 0.1) is 16.8 Å². The fourth-order valence-electron chi connectivity index (χ4n) is 3.23. The predicted molar refractivity (Wildman–Crippen MR) is 116 cm³/mol. The van der Waals surface area contributed by atoms with Crippen molar-refractivity contribution in [2.75, 3.05) is 0 Å². The molecule has 0 aliphatic heterocycles. The smallest absolute Gasteiger partial charge is 0.417 e. The molecule has 2 heterocycles. The lowest BCUT2D eigenvalue weighted by molar-refractivity contribution is -0.137. The molecule has 0 radical (unpaired) electrons. The zero-order valence-electron chi connectivity index (χ0n) is 16.8. The molecule has 0 spiro atoms. The normalized spacial score (nSPS) is 11.5. The predicted octanol–water partition coefficient (Wildman–Crippen LogP) is 5.14. The Bertz CT molecular complexity index is 1390. The number of fused-ring (bicyclic) bond motifs is 1. The number of ketones is 1. The first-order chi connectivity index (χ1) is 15.7. The van der Waals surface area contributed by atoms with E-state index in [-0.39, 0.29) is 35.4 Å². The zero-order valence-corrected chi connectivity index (χ0v) is 17.6. The van der Waals surface area contributed by atoms with E-state index >= 15 is 0 Å². The van der Waals surface area contributed by atoms with Crippen molar-refractivity contribution in [2.45, 2.75) is 19.0 Å². The van der Waals surface area contributed by atoms with Crippen molar-refractivity contribution in [3.05, 3.63) is 93.0 Å². The molecule has 4 aromatic rings. The maximum absolute atomic E-state index is 13.0. The van der Waals surface area contributed by atoms with Crippen molar-refractivity contribution >= 4 is 28.5 Å². The van der Waals surface area contributed by atoms with Gasteiger partial charge in [0, 0.05) is 25.1 Å². The fraction of sp³-hybridized carbons (Fsp3) is 0.130. The van der Waals surface area contributed by atoms with E-state index in [1.165, 1.54) is 12.3 Å². The van der Waals surface area contributed by atoms with E-state index in [2.05, 4.69) is 15.0 Å². The van der Waals surface area contributed by atoms with Crippen molar-refractivity contribution in [1.29, 1.82) is 0 Å². The van der Waals surface area contributed by atoms with Gasteiger partial charge in [-0.05, 0) is 35.4 Å². The molecule has 168 valence electrons. The number of Topliss-reactive ketones (excluding diaryl/α,β-unsaturated/α-hetero) is 1. The summed E-state index contributed by atoms with van der Waals surface area (Å²) in [6.07, 6.45) is -2.08. The number of hydrogen-bond acceptors (Lipinski definition) is 5. The molecule has 0 saturated heterocycles. The number of pyridine rings is 1. The van der Waals surface area contributed by atoms with Gasteiger partial charge < -0.3 is 9.72 Å². The SMILES string of the molecule is O=C(Cc1ccc(Oc2ccnc3[nH]c(=O)cnc23)cc1)Cc1ccc(Cl)c(C(F)(F)F)c1. The van der Waals surface area contributed by atoms with Crippen molar-refractivity contribution < 1.29 is 22.7 Å². The third-order valence-corrected chi connectivity index (χ3v) is 5.06. The first-order valence-corrected chi connectivity index (χ1v) is 10.0. The molecule has 33 heavy (non-hydrogen) atoms. The van der Waals surface area contributed by atoms with Crippen LogP contribution >= 0.6 is 11.6 Å². The average molecular weight is 474 g/mol. The summed E-state index contributed by atoms with van der Waals surface area (Å²) in [4.78, 5) is 34.4. The molecule has 0 bridgehead atoms. The molecule has 6 nitrogen and oxygen atoms in total. The second-order valence-corrected chi connectivity index (χ2v) is 7.61. The molecule has 0 unspecified atom stereocenters. The summed E-state index contributed by atoms with van der Waals surface area (Å²) in [5.41, 5.74) is 0.259. The molecule has 2 aromatic heterocycles.